The van der Waals surface area contributed by atoms with Crippen LogP contribution in [-0.2, 0) is 21.4 Å². The Morgan fingerprint density at radius 2 is 1.69 bits per heavy atom. The number of carbonyl (C=O) groups excluding carboxylic acids is 1. The lowest BCUT2D eigenvalue weighted by molar-refractivity contribution is -0.121. The normalized spacial score (nSPS) is 11.5. The molecule has 26 heavy (non-hydrogen) atoms. The molecule has 0 aliphatic carbocycles. The zero-order valence-corrected chi connectivity index (χ0v) is 17.3. The number of aryl methyl sites for hydroxylation is 1. The van der Waals surface area contributed by atoms with Gasteiger partial charge in [0.2, 0.25) is 15.9 Å². The first-order chi connectivity index (χ1) is 12.3. The molecule has 2 aromatic carbocycles. The van der Waals surface area contributed by atoms with Crippen LogP contribution in [0.15, 0.2) is 57.9 Å². The van der Waals surface area contributed by atoms with Crippen LogP contribution in [0.25, 0.3) is 0 Å². The van der Waals surface area contributed by atoms with Crippen molar-refractivity contribution in [2.75, 3.05) is 13.1 Å². The van der Waals surface area contributed by atoms with Crippen molar-refractivity contribution in [2.24, 2.45) is 0 Å². The largest absolute Gasteiger partial charge is 0.355 e. The minimum atomic E-state index is -3.79. The maximum Gasteiger partial charge on any atom is 0.243 e. The number of nitrogens with one attached hydrogen (secondary N) is 1. The van der Waals surface area contributed by atoms with Crippen LogP contribution in [-0.4, -0.2) is 31.7 Å². The average molecular weight is 439 g/mol. The lowest BCUT2D eigenvalue weighted by Crippen LogP contribution is -2.40. The van der Waals surface area contributed by atoms with Crippen LogP contribution in [0.3, 0.4) is 0 Å². The fraction of sp³-hybridized carbons (Fsp3) is 0.316. The molecule has 5 nitrogen and oxygen atoms in total. The molecule has 0 saturated heterocycles. The van der Waals surface area contributed by atoms with E-state index < -0.39 is 10.0 Å². The van der Waals surface area contributed by atoms with E-state index in [2.05, 4.69) is 21.2 Å². The number of hydrogen-bond acceptors (Lipinski definition) is 3. The van der Waals surface area contributed by atoms with Gasteiger partial charge in [-0.3, -0.25) is 4.79 Å². The number of rotatable bonds is 8. The molecule has 0 radical (unpaired) electrons. The summed E-state index contributed by atoms with van der Waals surface area (Å²) in [5.41, 5.74) is 1.93. The van der Waals surface area contributed by atoms with Crippen molar-refractivity contribution in [3.05, 3.63) is 64.1 Å². The van der Waals surface area contributed by atoms with Gasteiger partial charge in [0.1, 0.15) is 0 Å². The topological polar surface area (TPSA) is 66.5 Å². The van der Waals surface area contributed by atoms with Crippen LogP contribution in [0.1, 0.15) is 24.5 Å². The van der Waals surface area contributed by atoms with Crippen LogP contribution in [0.2, 0.25) is 0 Å². The van der Waals surface area contributed by atoms with Crippen molar-refractivity contribution in [3.63, 3.8) is 0 Å². The summed E-state index contributed by atoms with van der Waals surface area (Å²) in [4.78, 5) is 12.3. The van der Waals surface area contributed by atoms with E-state index in [1.54, 1.807) is 12.1 Å². The minimum absolute atomic E-state index is 0.137. The number of carbonyl (C=O) groups is 1. The lowest BCUT2D eigenvalue weighted by atomic mass is 10.1. The van der Waals surface area contributed by atoms with Gasteiger partial charge < -0.3 is 5.32 Å². The van der Waals surface area contributed by atoms with Crippen molar-refractivity contribution in [1.29, 1.82) is 0 Å². The summed E-state index contributed by atoms with van der Waals surface area (Å²) in [6, 6.07) is 14.0. The molecule has 0 atom stereocenters. The van der Waals surface area contributed by atoms with E-state index >= 15 is 0 Å². The fourth-order valence-electron chi connectivity index (χ4n) is 2.36. The minimum Gasteiger partial charge on any atom is -0.355 e. The first-order valence-electron chi connectivity index (χ1n) is 8.41. The summed E-state index contributed by atoms with van der Waals surface area (Å²) >= 11 is 3.31. The summed E-state index contributed by atoms with van der Waals surface area (Å²) in [6.07, 6.45) is 0.795. The predicted molar refractivity (Wildman–Crippen MR) is 106 cm³/mol. The molecule has 2 rings (SSSR count). The van der Waals surface area contributed by atoms with Gasteiger partial charge in [-0.1, -0.05) is 52.7 Å². The molecule has 0 aliphatic heterocycles. The Labute approximate surface area is 163 Å². The van der Waals surface area contributed by atoms with Crippen molar-refractivity contribution >= 4 is 31.9 Å². The molecular formula is C19H23BrN2O3S. The monoisotopic (exact) mass is 438 g/mol. The van der Waals surface area contributed by atoms with Crippen LogP contribution in [0.5, 0.6) is 0 Å². The molecule has 0 bridgehead atoms. The Bertz CT molecular complexity index is 834. The highest BCUT2D eigenvalue weighted by molar-refractivity contribution is 9.10. The van der Waals surface area contributed by atoms with Crippen molar-refractivity contribution in [1.82, 2.24) is 9.62 Å². The lowest BCUT2D eigenvalue weighted by Gasteiger charge is -2.22. The van der Waals surface area contributed by atoms with Gasteiger partial charge in [-0.25, -0.2) is 8.42 Å². The number of hydrogen-bond donors (Lipinski definition) is 1. The highest BCUT2D eigenvalue weighted by atomic mass is 79.9. The van der Waals surface area contributed by atoms with Crippen LogP contribution < -0.4 is 5.32 Å². The van der Waals surface area contributed by atoms with Crippen LogP contribution >= 0.6 is 15.9 Å². The summed E-state index contributed by atoms with van der Waals surface area (Å²) < 4.78 is 28.1. The van der Waals surface area contributed by atoms with Gasteiger partial charge in [0.25, 0.3) is 0 Å². The van der Waals surface area contributed by atoms with Gasteiger partial charge in [0.15, 0.2) is 0 Å². The van der Waals surface area contributed by atoms with Crippen molar-refractivity contribution in [2.45, 2.75) is 31.7 Å². The van der Waals surface area contributed by atoms with E-state index in [4.69, 9.17) is 0 Å². The Morgan fingerprint density at radius 1 is 1.08 bits per heavy atom. The van der Waals surface area contributed by atoms with Crippen molar-refractivity contribution < 1.29 is 13.2 Å². The molecule has 0 aromatic heterocycles. The maximum absolute atomic E-state index is 13.1. The fourth-order valence-corrected chi connectivity index (χ4v) is 4.01. The second-order valence-corrected chi connectivity index (χ2v) is 8.92. The van der Waals surface area contributed by atoms with Gasteiger partial charge in [-0.05, 0) is 43.2 Å². The van der Waals surface area contributed by atoms with E-state index in [9.17, 15) is 13.2 Å². The zero-order chi connectivity index (χ0) is 19.2. The number of sulfonamides is 1. The van der Waals surface area contributed by atoms with Crippen LogP contribution in [0, 0.1) is 6.92 Å². The second-order valence-electron chi connectivity index (χ2n) is 6.06. The van der Waals surface area contributed by atoms with Gasteiger partial charge in [0, 0.05) is 17.6 Å². The maximum atomic E-state index is 13.1. The van der Waals surface area contributed by atoms with Crippen LogP contribution in [0.4, 0.5) is 0 Å². The molecule has 140 valence electrons. The van der Waals surface area contributed by atoms with Gasteiger partial charge in [-0.15, -0.1) is 0 Å². The molecule has 0 aliphatic rings. The van der Waals surface area contributed by atoms with Gasteiger partial charge in [-0.2, -0.15) is 4.31 Å². The predicted octanol–water partition coefficient (Wildman–Crippen LogP) is 3.47. The third-order valence-corrected chi connectivity index (χ3v) is 6.16. The smallest absolute Gasteiger partial charge is 0.243 e. The quantitative estimate of drug-likeness (QED) is 0.685. The Hall–Kier alpha value is -1.70. The van der Waals surface area contributed by atoms with Gasteiger partial charge in [0.05, 0.1) is 11.4 Å². The SMILES string of the molecule is CCCNC(=O)CN(Cc1ccc(C)cc1)S(=O)(=O)c1ccc(Br)cc1. The van der Waals surface area contributed by atoms with E-state index in [1.807, 2.05) is 38.1 Å². The molecule has 0 saturated carbocycles. The van der Waals surface area contributed by atoms with E-state index in [0.717, 1.165) is 22.0 Å². The van der Waals surface area contributed by atoms with E-state index in [1.165, 1.54) is 16.4 Å². The number of nitrogens with zero attached hydrogens (tertiary/aromatic N) is 1. The standard InChI is InChI=1S/C19H23BrN2O3S/c1-3-12-21-19(23)14-22(13-16-6-4-15(2)5-7-16)26(24,25)18-10-8-17(20)9-11-18/h4-11H,3,12-14H2,1-2H3,(H,21,23). The Kier molecular flexibility index (Phi) is 7.37. The molecular weight excluding hydrogens is 416 g/mol. The molecule has 0 spiro atoms. The number of halogens is 1. The highest BCUT2D eigenvalue weighted by Crippen LogP contribution is 2.21. The van der Waals surface area contributed by atoms with E-state index in [0.29, 0.717) is 6.54 Å². The first kappa shape index (κ1) is 20.6. The molecule has 0 heterocycles. The Morgan fingerprint density at radius 3 is 2.27 bits per heavy atom. The number of amides is 1. The molecule has 0 unspecified atom stereocenters. The summed E-state index contributed by atoms with van der Waals surface area (Å²) in [6.45, 7) is 4.36. The second kappa shape index (κ2) is 9.30. The molecule has 2 aromatic rings. The van der Waals surface area contributed by atoms with Crippen molar-refractivity contribution in [3.8, 4) is 0 Å². The molecule has 0 fully saturated rings. The third-order valence-electron chi connectivity index (χ3n) is 3.82. The average Bonchev–Trinajstić information content (AvgIpc) is 2.61. The third kappa shape index (κ3) is 5.65. The molecule has 1 N–H and O–H groups in total. The molecule has 7 heteroatoms. The zero-order valence-electron chi connectivity index (χ0n) is 14.9. The summed E-state index contributed by atoms with van der Waals surface area (Å²) in [5, 5.41) is 2.74. The Balaban J connectivity index is 2.30. The summed E-state index contributed by atoms with van der Waals surface area (Å²) in [7, 11) is -3.79. The number of benzene rings is 2. The van der Waals surface area contributed by atoms with E-state index in [-0.39, 0.29) is 23.9 Å². The highest BCUT2D eigenvalue weighted by Gasteiger charge is 2.26. The van der Waals surface area contributed by atoms with Gasteiger partial charge >= 0.3 is 0 Å². The summed E-state index contributed by atoms with van der Waals surface area (Å²) in [5.74, 6) is -0.306. The first-order valence-corrected chi connectivity index (χ1v) is 10.6. The molecule has 1 amide bonds.